The molecular weight excluding hydrogens is 433 g/mol. The maximum atomic E-state index is 13.1. The number of alkyl halides is 3. The van der Waals surface area contributed by atoms with Gasteiger partial charge in [-0.2, -0.15) is 13.2 Å². The highest BCUT2D eigenvalue weighted by molar-refractivity contribution is 5.75. The van der Waals surface area contributed by atoms with Crippen LogP contribution in [0.15, 0.2) is 66.7 Å². The third-order valence-corrected chi connectivity index (χ3v) is 4.25. The topological polar surface area (TPSA) is 47.6 Å². The fraction of sp³-hybridized carbons (Fsp3) is 0.174. The zero-order valence-corrected chi connectivity index (χ0v) is 16.6. The van der Waals surface area contributed by atoms with Gasteiger partial charge in [0.25, 0.3) is 0 Å². The zero-order chi connectivity index (χ0) is 23.1. The summed E-state index contributed by atoms with van der Waals surface area (Å²) in [5, 5.41) is 3.14. The summed E-state index contributed by atoms with van der Waals surface area (Å²) < 4.78 is 73.4. The number of carbonyl (C=O) groups is 1. The van der Waals surface area contributed by atoms with E-state index in [0.29, 0.717) is 24.4 Å². The SMILES string of the molecule is O=C(OCc1cc(CNCc2ccc(F)cc2)cc(Oc2ccc(F)cc2)c1)C(F)(F)F. The Morgan fingerprint density at radius 2 is 1.31 bits per heavy atom. The smallest absolute Gasteiger partial charge is 0.457 e. The number of ether oxygens (including phenoxy) is 2. The summed E-state index contributed by atoms with van der Waals surface area (Å²) in [4.78, 5) is 11.0. The molecule has 0 unspecified atom stereocenters. The normalized spacial score (nSPS) is 11.3. The van der Waals surface area contributed by atoms with Gasteiger partial charge >= 0.3 is 12.1 Å². The van der Waals surface area contributed by atoms with Crippen molar-refractivity contribution < 1.29 is 36.2 Å². The molecule has 0 aromatic heterocycles. The first-order valence-corrected chi connectivity index (χ1v) is 9.44. The molecule has 0 aliphatic rings. The standard InChI is InChI=1S/C23H18F5NO3/c24-18-3-1-15(2-4-18)12-29-13-16-9-17(14-31-22(30)23(26,27)28)11-21(10-16)32-20-7-5-19(25)6-8-20/h1-11,29H,12-14H2. The van der Waals surface area contributed by atoms with E-state index < -0.39 is 24.6 Å². The lowest BCUT2D eigenvalue weighted by molar-refractivity contribution is -0.201. The van der Waals surface area contributed by atoms with Crippen LogP contribution in [-0.4, -0.2) is 12.1 Å². The van der Waals surface area contributed by atoms with Gasteiger partial charge in [-0.25, -0.2) is 13.6 Å². The van der Waals surface area contributed by atoms with Crippen molar-refractivity contribution in [2.45, 2.75) is 25.9 Å². The van der Waals surface area contributed by atoms with Gasteiger partial charge in [0.2, 0.25) is 0 Å². The molecule has 0 aliphatic heterocycles. The lowest BCUT2D eigenvalue weighted by Gasteiger charge is -2.13. The molecule has 168 valence electrons. The van der Waals surface area contributed by atoms with Crippen LogP contribution in [0.1, 0.15) is 16.7 Å². The minimum Gasteiger partial charge on any atom is -0.457 e. The second kappa shape index (κ2) is 10.2. The van der Waals surface area contributed by atoms with E-state index in [2.05, 4.69) is 10.1 Å². The van der Waals surface area contributed by atoms with Crippen molar-refractivity contribution in [1.82, 2.24) is 5.32 Å². The molecule has 0 bridgehead atoms. The maximum Gasteiger partial charge on any atom is 0.490 e. The second-order valence-electron chi connectivity index (χ2n) is 6.85. The van der Waals surface area contributed by atoms with Crippen LogP contribution < -0.4 is 10.1 Å². The predicted octanol–water partition coefficient (Wildman–Crippen LogP) is 5.65. The summed E-state index contributed by atoms with van der Waals surface area (Å²) in [6, 6.07) is 15.8. The van der Waals surface area contributed by atoms with Crippen molar-refractivity contribution in [2.24, 2.45) is 0 Å². The average Bonchev–Trinajstić information content (AvgIpc) is 2.74. The van der Waals surface area contributed by atoms with Crippen molar-refractivity contribution in [3.05, 3.63) is 95.1 Å². The van der Waals surface area contributed by atoms with Crippen LogP contribution >= 0.6 is 0 Å². The fourth-order valence-corrected chi connectivity index (χ4v) is 2.80. The van der Waals surface area contributed by atoms with Crippen LogP contribution in [0, 0.1) is 11.6 Å². The Bertz CT molecular complexity index is 1050. The molecule has 0 amide bonds. The van der Waals surface area contributed by atoms with Gasteiger partial charge in [-0.3, -0.25) is 0 Å². The van der Waals surface area contributed by atoms with Gasteiger partial charge in [-0.05, 0) is 65.2 Å². The first-order valence-electron chi connectivity index (χ1n) is 9.44. The molecule has 3 rings (SSSR count). The summed E-state index contributed by atoms with van der Waals surface area (Å²) in [5.41, 5.74) is 1.76. The van der Waals surface area contributed by atoms with Gasteiger partial charge in [-0.1, -0.05) is 18.2 Å². The largest absolute Gasteiger partial charge is 0.490 e. The summed E-state index contributed by atoms with van der Waals surface area (Å²) >= 11 is 0. The quantitative estimate of drug-likeness (QED) is 0.355. The number of esters is 1. The monoisotopic (exact) mass is 451 g/mol. The lowest BCUT2D eigenvalue weighted by Crippen LogP contribution is -2.25. The van der Waals surface area contributed by atoms with E-state index in [1.165, 1.54) is 42.5 Å². The van der Waals surface area contributed by atoms with Crippen LogP contribution in [0.25, 0.3) is 0 Å². The van der Waals surface area contributed by atoms with Gasteiger partial charge in [0.1, 0.15) is 29.7 Å². The number of hydrogen-bond acceptors (Lipinski definition) is 4. The van der Waals surface area contributed by atoms with Gasteiger partial charge in [0.05, 0.1) is 0 Å². The number of benzene rings is 3. The average molecular weight is 451 g/mol. The summed E-state index contributed by atoms with van der Waals surface area (Å²) in [7, 11) is 0. The minimum absolute atomic E-state index is 0.274. The van der Waals surface area contributed by atoms with E-state index in [1.54, 1.807) is 24.3 Å². The molecule has 0 fully saturated rings. The molecule has 0 aliphatic carbocycles. The molecule has 4 nitrogen and oxygen atoms in total. The van der Waals surface area contributed by atoms with Crippen molar-refractivity contribution in [2.75, 3.05) is 0 Å². The van der Waals surface area contributed by atoms with Gasteiger partial charge < -0.3 is 14.8 Å². The molecule has 3 aromatic carbocycles. The molecule has 1 N–H and O–H groups in total. The Morgan fingerprint density at radius 1 is 0.750 bits per heavy atom. The molecule has 0 saturated carbocycles. The summed E-state index contributed by atoms with van der Waals surface area (Å²) in [5.74, 6) is -2.50. The van der Waals surface area contributed by atoms with E-state index in [1.807, 2.05) is 0 Å². The van der Waals surface area contributed by atoms with Crippen molar-refractivity contribution in [1.29, 1.82) is 0 Å². The number of carbonyl (C=O) groups excluding carboxylic acids is 1. The third kappa shape index (κ3) is 7.05. The molecule has 32 heavy (non-hydrogen) atoms. The molecule has 9 heteroatoms. The second-order valence-corrected chi connectivity index (χ2v) is 6.85. The lowest BCUT2D eigenvalue weighted by atomic mass is 10.1. The van der Waals surface area contributed by atoms with Crippen LogP contribution in [0.5, 0.6) is 11.5 Å². The minimum atomic E-state index is -5.10. The Kier molecular flexibility index (Phi) is 7.42. The summed E-state index contributed by atoms with van der Waals surface area (Å²) in [6.07, 6.45) is -5.10. The Labute approximate surface area is 180 Å². The first kappa shape index (κ1) is 23.2. The Morgan fingerprint density at radius 3 is 1.94 bits per heavy atom. The first-order chi connectivity index (χ1) is 15.2. The van der Waals surface area contributed by atoms with Crippen molar-refractivity contribution in [3.63, 3.8) is 0 Å². The molecule has 0 spiro atoms. The summed E-state index contributed by atoms with van der Waals surface area (Å²) in [6.45, 7) is 0.115. The number of rotatable bonds is 8. The highest BCUT2D eigenvalue weighted by atomic mass is 19.4. The number of hydrogen-bond donors (Lipinski definition) is 1. The maximum absolute atomic E-state index is 13.1. The van der Waals surface area contributed by atoms with Crippen LogP contribution in [0.3, 0.4) is 0 Å². The molecular formula is C23H18F5NO3. The highest BCUT2D eigenvalue weighted by Crippen LogP contribution is 2.26. The van der Waals surface area contributed by atoms with E-state index in [-0.39, 0.29) is 17.1 Å². The third-order valence-electron chi connectivity index (χ3n) is 4.25. The van der Waals surface area contributed by atoms with Crippen molar-refractivity contribution in [3.8, 4) is 11.5 Å². The molecule has 0 radical (unpaired) electrons. The van der Waals surface area contributed by atoms with Crippen LogP contribution in [-0.2, 0) is 29.2 Å². The van der Waals surface area contributed by atoms with Crippen LogP contribution in [0.2, 0.25) is 0 Å². The predicted molar refractivity (Wildman–Crippen MR) is 106 cm³/mol. The molecule has 0 heterocycles. The van der Waals surface area contributed by atoms with Gasteiger partial charge in [-0.15, -0.1) is 0 Å². The number of nitrogens with one attached hydrogen (secondary N) is 1. The number of halogens is 5. The van der Waals surface area contributed by atoms with Crippen LogP contribution in [0.4, 0.5) is 22.0 Å². The Balaban J connectivity index is 1.73. The zero-order valence-electron chi connectivity index (χ0n) is 16.6. The van der Waals surface area contributed by atoms with Crippen molar-refractivity contribution >= 4 is 5.97 Å². The van der Waals surface area contributed by atoms with E-state index in [9.17, 15) is 26.7 Å². The fourth-order valence-electron chi connectivity index (χ4n) is 2.80. The van der Waals surface area contributed by atoms with E-state index >= 15 is 0 Å². The molecule has 0 saturated heterocycles. The van der Waals surface area contributed by atoms with Gasteiger partial charge in [0.15, 0.2) is 0 Å². The highest BCUT2D eigenvalue weighted by Gasteiger charge is 2.40. The van der Waals surface area contributed by atoms with E-state index in [4.69, 9.17) is 4.74 Å². The van der Waals surface area contributed by atoms with Gasteiger partial charge in [0, 0.05) is 13.1 Å². The van der Waals surface area contributed by atoms with E-state index in [0.717, 1.165) is 5.56 Å². The molecule has 3 aromatic rings. The molecule has 0 atom stereocenters. The Hall–Kier alpha value is -3.46.